The highest BCUT2D eigenvalue weighted by Crippen LogP contribution is 2.27. The molecule has 0 saturated heterocycles. The molecule has 0 radical (unpaired) electrons. The summed E-state index contributed by atoms with van der Waals surface area (Å²) < 4.78 is 1.25. The van der Waals surface area contributed by atoms with Crippen molar-refractivity contribution >= 4 is 23.0 Å². The van der Waals surface area contributed by atoms with E-state index in [1.54, 1.807) is 18.2 Å². The van der Waals surface area contributed by atoms with Crippen molar-refractivity contribution in [3.63, 3.8) is 0 Å². The van der Waals surface area contributed by atoms with Crippen LogP contribution in [0.4, 0.5) is 17.2 Å². The molecule has 0 aliphatic rings. The lowest BCUT2D eigenvalue weighted by Crippen LogP contribution is -2.21. The summed E-state index contributed by atoms with van der Waals surface area (Å²) in [6.07, 6.45) is 3.23. The van der Waals surface area contributed by atoms with Crippen molar-refractivity contribution in [3.8, 4) is 5.69 Å². The van der Waals surface area contributed by atoms with Crippen molar-refractivity contribution in [2.75, 3.05) is 5.32 Å². The van der Waals surface area contributed by atoms with Crippen LogP contribution in [0.5, 0.6) is 0 Å². The van der Waals surface area contributed by atoms with Gasteiger partial charge in [-0.1, -0.05) is 6.92 Å². The molecule has 0 unspecified atom stereocenters. The summed E-state index contributed by atoms with van der Waals surface area (Å²) in [6, 6.07) is 9.11. The van der Waals surface area contributed by atoms with E-state index in [1.165, 1.54) is 36.0 Å². The van der Waals surface area contributed by atoms with Crippen LogP contribution in [-0.2, 0) is 6.42 Å². The lowest BCUT2D eigenvalue weighted by atomic mass is 10.0. The first-order chi connectivity index (χ1) is 13.4. The molecule has 3 aromatic rings. The Morgan fingerprint density at radius 2 is 2.07 bits per heavy atom. The van der Waals surface area contributed by atoms with Crippen molar-refractivity contribution in [1.82, 2.24) is 14.8 Å². The Kier molecular flexibility index (Phi) is 5.25. The maximum Gasteiger partial charge on any atom is 0.287 e. The molecule has 0 saturated carbocycles. The number of nitro groups is 1. The van der Waals surface area contributed by atoms with Gasteiger partial charge in [0, 0.05) is 23.9 Å². The zero-order chi connectivity index (χ0) is 20.3. The van der Waals surface area contributed by atoms with E-state index in [0.717, 1.165) is 11.8 Å². The Morgan fingerprint density at radius 3 is 2.64 bits per heavy atom. The number of carbonyl (C=O) groups excluding carboxylic acids is 1. The summed E-state index contributed by atoms with van der Waals surface area (Å²) in [7, 11) is 0. The average molecular weight is 379 g/mol. The van der Waals surface area contributed by atoms with Gasteiger partial charge < -0.3 is 5.32 Å². The molecular formula is C19H17N5O4. The van der Waals surface area contributed by atoms with E-state index in [-0.39, 0.29) is 17.0 Å². The normalized spacial score (nSPS) is 10.5. The van der Waals surface area contributed by atoms with Crippen molar-refractivity contribution in [2.24, 2.45) is 0 Å². The quantitative estimate of drug-likeness (QED) is 0.397. The van der Waals surface area contributed by atoms with E-state index in [2.05, 4.69) is 15.4 Å². The van der Waals surface area contributed by atoms with Crippen LogP contribution in [0.15, 0.2) is 53.6 Å². The standard InChI is InChI=1S/C19H17N5O4/c1-3-13-9-16(22-18-7-6-14(11-20-18)24(27)28)15(12(2)25)10-17(13)23-19(26)5-4-8-21-23/h4-11H,3H2,1-2H3,(H,20,22). The number of hydrogen-bond acceptors (Lipinski definition) is 7. The van der Waals surface area contributed by atoms with Crippen LogP contribution in [0.3, 0.4) is 0 Å². The third kappa shape index (κ3) is 3.78. The fraction of sp³-hybridized carbons (Fsp3) is 0.158. The van der Waals surface area contributed by atoms with Gasteiger partial charge in [0.15, 0.2) is 5.78 Å². The summed E-state index contributed by atoms with van der Waals surface area (Å²) in [5, 5.41) is 17.9. The van der Waals surface area contributed by atoms with E-state index in [1.807, 2.05) is 6.92 Å². The fourth-order valence-corrected chi connectivity index (χ4v) is 2.75. The molecule has 0 amide bonds. The van der Waals surface area contributed by atoms with Crippen molar-refractivity contribution < 1.29 is 9.72 Å². The third-order valence-electron chi connectivity index (χ3n) is 4.14. The SMILES string of the molecule is CCc1cc(Nc2ccc([N+](=O)[O-])cn2)c(C(C)=O)cc1-n1ncccc1=O. The highest BCUT2D eigenvalue weighted by molar-refractivity contribution is 6.01. The Labute approximate surface area is 159 Å². The zero-order valence-electron chi connectivity index (χ0n) is 15.2. The lowest BCUT2D eigenvalue weighted by molar-refractivity contribution is -0.385. The van der Waals surface area contributed by atoms with Gasteiger partial charge in [0.05, 0.1) is 16.3 Å². The highest BCUT2D eigenvalue weighted by Gasteiger charge is 2.16. The lowest BCUT2D eigenvalue weighted by Gasteiger charge is -2.16. The van der Waals surface area contributed by atoms with Crippen LogP contribution in [-0.4, -0.2) is 25.5 Å². The summed E-state index contributed by atoms with van der Waals surface area (Å²) in [6.45, 7) is 3.34. The molecule has 0 atom stereocenters. The maximum atomic E-state index is 12.2. The van der Waals surface area contributed by atoms with Crippen molar-refractivity contribution in [1.29, 1.82) is 0 Å². The van der Waals surface area contributed by atoms with E-state index in [9.17, 15) is 19.7 Å². The number of nitrogens with one attached hydrogen (secondary N) is 1. The minimum Gasteiger partial charge on any atom is -0.340 e. The summed E-state index contributed by atoms with van der Waals surface area (Å²) >= 11 is 0. The van der Waals surface area contributed by atoms with Gasteiger partial charge in [0.1, 0.15) is 12.0 Å². The molecule has 142 valence electrons. The second-order valence-corrected chi connectivity index (χ2v) is 5.99. The number of nitrogens with zero attached hydrogens (tertiary/aromatic N) is 4. The van der Waals surface area contributed by atoms with Crippen LogP contribution >= 0.6 is 0 Å². The molecule has 9 heteroatoms. The van der Waals surface area contributed by atoms with Crippen LogP contribution < -0.4 is 10.9 Å². The average Bonchev–Trinajstić information content (AvgIpc) is 2.68. The Balaban J connectivity index is 2.09. The number of anilines is 2. The minimum absolute atomic E-state index is 0.128. The second-order valence-electron chi connectivity index (χ2n) is 5.99. The summed E-state index contributed by atoms with van der Waals surface area (Å²) in [5.41, 5.74) is 1.75. The predicted molar refractivity (Wildman–Crippen MR) is 103 cm³/mol. The number of pyridine rings is 1. The van der Waals surface area contributed by atoms with E-state index >= 15 is 0 Å². The van der Waals surface area contributed by atoms with Crippen LogP contribution in [0, 0.1) is 10.1 Å². The number of aryl methyl sites for hydroxylation is 1. The number of hydrogen-bond donors (Lipinski definition) is 1. The van der Waals surface area contributed by atoms with Gasteiger partial charge in [-0.05, 0) is 43.2 Å². The van der Waals surface area contributed by atoms with E-state index in [4.69, 9.17) is 0 Å². The number of carbonyl (C=O) groups is 1. The molecule has 1 aromatic carbocycles. The number of aromatic nitrogens is 3. The first kappa shape index (κ1) is 18.9. The molecule has 0 aliphatic carbocycles. The van der Waals surface area contributed by atoms with Crippen LogP contribution in [0.2, 0.25) is 0 Å². The molecule has 0 fully saturated rings. The topological polar surface area (TPSA) is 120 Å². The Morgan fingerprint density at radius 1 is 1.29 bits per heavy atom. The zero-order valence-corrected chi connectivity index (χ0v) is 15.2. The molecule has 3 rings (SSSR count). The summed E-state index contributed by atoms with van der Waals surface area (Å²) in [5.74, 6) is 0.148. The maximum absolute atomic E-state index is 12.2. The molecule has 0 bridgehead atoms. The Hall–Kier alpha value is -3.88. The molecule has 0 aliphatic heterocycles. The predicted octanol–water partition coefficient (Wildman–Crippen LogP) is 3.04. The van der Waals surface area contributed by atoms with E-state index in [0.29, 0.717) is 29.2 Å². The molecule has 2 heterocycles. The van der Waals surface area contributed by atoms with Gasteiger partial charge in [-0.25, -0.2) is 4.98 Å². The smallest absolute Gasteiger partial charge is 0.287 e. The van der Waals surface area contributed by atoms with E-state index < -0.39 is 4.92 Å². The van der Waals surface area contributed by atoms with Gasteiger partial charge in [0.25, 0.3) is 11.2 Å². The fourth-order valence-electron chi connectivity index (χ4n) is 2.75. The number of Topliss-reactive ketones (excluding diaryl/α,β-unsaturated/α-hetero) is 1. The monoisotopic (exact) mass is 379 g/mol. The summed E-state index contributed by atoms with van der Waals surface area (Å²) in [4.78, 5) is 38.6. The van der Waals surface area contributed by atoms with Gasteiger partial charge in [-0.2, -0.15) is 9.78 Å². The molecular weight excluding hydrogens is 362 g/mol. The number of benzene rings is 1. The largest absolute Gasteiger partial charge is 0.340 e. The minimum atomic E-state index is -0.535. The first-order valence-corrected chi connectivity index (χ1v) is 8.50. The first-order valence-electron chi connectivity index (χ1n) is 8.50. The third-order valence-corrected chi connectivity index (χ3v) is 4.14. The van der Waals surface area contributed by atoms with Crippen molar-refractivity contribution in [2.45, 2.75) is 20.3 Å². The second kappa shape index (κ2) is 7.78. The molecule has 0 spiro atoms. The van der Waals surface area contributed by atoms with Crippen molar-refractivity contribution in [3.05, 3.63) is 80.4 Å². The van der Waals surface area contributed by atoms with Crippen LogP contribution in [0.1, 0.15) is 29.8 Å². The molecule has 9 nitrogen and oxygen atoms in total. The highest BCUT2D eigenvalue weighted by atomic mass is 16.6. The molecule has 2 aromatic heterocycles. The van der Waals surface area contributed by atoms with Gasteiger partial charge in [-0.3, -0.25) is 19.7 Å². The van der Waals surface area contributed by atoms with Crippen LogP contribution in [0.25, 0.3) is 5.69 Å². The van der Waals surface area contributed by atoms with Gasteiger partial charge in [0.2, 0.25) is 0 Å². The van der Waals surface area contributed by atoms with Gasteiger partial charge >= 0.3 is 0 Å². The molecule has 1 N–H and O–H groups in total. The number of ketones is 1. The number of rotatable bonds is 6. The van der Waals surface area contributed by atoms with Gasteiger partial charge in [-0.15, -0.1) is 0 Å². The Bertz CT molecular complexity index is 1110. The molecule has 28 heavy (non-hydrogen) atoms.